The number of hydrogen-bond donors (Lipinski definition) is 2. The topological polar surface area (TPSA) is 58.3 Å². The zero-order chi connectivity index (χ0) is 11.4. The first-order valence-electron chi connectivity index (χ1n) is 4.82. The van der Waals surface area contributed by atoms with E-state index in [1.165, 1.54) is 0 Å². The molecule has 0 fully saturated rings. The van der Waals surface area contributed by atoms with E-state index in [-0.39, 0.29) is 6.61 Å². The van der Waals surface area contributed by atoms with Crippen molar-refractivity contribution in [1.82, 2.24) is 4.98 Å². The van der Waals surface area contributed by atoms with Gasteiger partial charge in [0.05, 0.1) is 18.4 Å². The molecule has 0 aromatic carbocycles. The van der Waals surface area contributed by atoms with Crippen LogP contribution in [0.1, 0.15) is 11.5 Å². The lowest BCUT2D eigenvalue weighted by atomic mass is 10.4. The Morgan fingerprint density at radius 2 is 2.06 bits per heavy atom. The minimum atomic E-state index is -0.0809. The predicted octanol–water partition coefficient (Wildman–Crippen LogP) is 2.43. The Hall–Kier alpha value is -1.52. The number of hydrogen-bond acceptors (Lipinski definition) is 4. The molecule has 0 saturated carbocycles. The summed E-state index contributed by atoms with van der Waals surface area (Å²) in [5, 5.41) is 12.4. The minimum Gasteiger partial charge on any atom is -0.462 e. The van der Waals surface area contributed by atoms with Gasteiger partial charge in [0.15, 0.2) is 0 Å². The number of aromatic nitrogens is 1. The quantitative estimate of drug-likeness (QED) is 0.804. The van der Waals surface area contributed by atoms with E-state index in [0.717, 1.165) is 11.4 Å². The van der Waals surface area contributed by atoms with Crippen LogP contribution in [-0.2, 0) is 13.2 Å². The Labute approximate surface area is 97.9 Å². The molecular formula is C11H11ClN2O2. The van der Waals surface area contributed by atoms with E-state index in [2.05, 4.69) is 10.3 Å². The molecule has 0 amide bonds. The number of anilines is 1. The molecule has 16 heavy (non-hydrogen) atoms. The normalized spacial score (nSPS) is 10.4. The highest BCUT2D eigenvalue weighted by molar-refractivity contribution is 6.29. The van der Waals surface area contributed by atoms with Gasteiger partial charge in [-0.05, 0) is 24.3 Å². The molecule has 0 aliphatic carbocycles. The monoisotopic (exact) mass is 238 g/mol. The van der Waals surface area contributed by atoms with Crippen molar-refractivity contribution in [3.05, 3.63) is 47.1 Å². The Kier molecular flexibility index (Phi) is 3.44. The molecule has 0 aliphatic rings. The number of nitrogens with zero attached hydrogens (tertiary/aromatic N) is 1. The summed E-state index contributed by atoms with van der Waals surface area (Å²) in [5.41, 5.74) is 0.867. The van der Waals surface area contributed by atoms with Crippen molar-refractivity contribution < 1.29 is 9.52 Å². The van der Waals surface area contributed by atoms with Crippen LogP contribution >= 0.6 is 11.6 Å². The molecule has 0 aliphatic heterocycles. The van der Waals surface area contributed by atoms with E-state index in [4.69, 9.17) is 21.1 Å². The Morgan fingerprint density at radius 1 is 1.25 bits per heavy atom. The maximum absolute atomic E-state index is 8.83. The first-order chi connectivity index (χ1) is 7.78. The standard InChI is InChI=1S/C11H11ClN2O2/c12-11-4-1-8(5-14-11)13-6-9-2-3-10(7-15)16-9/h1-5,13,15H,6-7H2. The van der Waals surface area contributed by atoms with E-state index in [1.54, 1.807) is 18.3 Å². The Morgan fingerprint density at radius 3 is 2.69 bits per heavy atom. The van der Waals surface area contributed by atoms with Gasteiger partial charge in [0.1, 0.15) is 23.3 Å². The fourth-order valence-corrected chi connectivity index (χ4v) is 1.38. The van der Waals surface area contributed by atoms with Crippen LogP contribution in [0.25, 0.3) is 0 Å². The first-order valence-corrected chi connectivity index (χ1v) is 5.19. The number of halogens is 1. The molecule has 5 heteroatoms. The molecule has 0 unspecified atom stereocenters. The second-order valence-electron chi connectivity index (χ2n) is 3.25. The summed E-state index contributed by atoms with van der Waals surface area (Å²) in [7, 11) is 0. The van der Waals surface area contributed by atoms with Crippen LogP contribution in [0.2, 0.25) is 5.15 Å². The average molecular weight is 239 g/mol. The lowest BCUT2D eigenvalue weighted by molar-refractivity contribution is 0.244. The third-order valence-electron chi connectivity index (χ3n) is 2.07. The fraction of sp³-hybridized carbons (Fsp3) is 0.182. The van der Waals surface area contributed by atoms with Crippen molar-refractivity contribution in [1.29, 1.82) is 0 Å². The van der Waals surface area contributed by atoms with E-state index in [9.17, 15) is 0 Å². The summed E-state index contributed by atoms with van der Waals surface area (Å²) >= 11 is 5.67. The van der Waals surface area contributed by atoms with Gasteiger partial charge in [0.25, 0.3) is 0 Å². The third-order valence-corrected chi connectivity index (χ3v) is 2.29. The van der Waals surface area contributed by atoms with Crippen molar-refractivity contribution >= 4 is 17.3 Å². The molecule has 0 spiro atoms. The highest BCUT2D eigenvalue weighted by atomic mass is 35.5. The van der Waals surface area contributed by atoms with Gasteiger partial charge in [-0.25, -0.2) is 4.98 Å². The van der Waals surface area contributed by atoms with Crippen LogP contribution in [0.3, 0.4) is 0 Å². The summed E-state index contributed by atoms with van der Waals surface area (Å²) in [6.45, 7) is 0.464. The van der Waals surface area contributed by atoms with Crippen molar-refractivity contribution in [3.63, 3.8) is 0 Å². The second-order valence-corrected chi connectivity index (χ2v) is 3.64. The number of aliphatic hydroxyl groups excluding tert-OH is 1. The van der Waals surface area contributed by atoms with Crippen LogP contribution < -0.4 is 5.32 Å². The fourth-order valence-electron chi connectivity index (χ4n) is 1.27. The van der Waals surface area contributed by atoms with Gasteiger partial charge < -0.3 is 14.8 Å². The highest BCUT2D eigenvalue weighted by Gasteiger charge is 2.00. The predicted molar refractivity (Wildman–Crippen MR) is 61.2 cm³/mol. The lowest BCUT2D eigenvalue weighted by Crippen LogP contribution is -1.98. The second kappa shape index (κ2) is 5.01. The Balaban J connectivity index is 1.94. The maximum atomic E-state index is 8.83. The van der Waals surface area contributed by atoms with E-state index >= 15 is 0 Å². The smallest absolute Gasteiger partial charge is 0.129 e. The van der Waals surface area contributed by atoms with Crippen molar-refractivity contribution in [3.8, 4) is 0 Å². The average Bonchev–Trinajstić information content (AvgIpc) is 2.76. The van der Waals surface area contributed by atoms with Crippen molar-refractivity contribution in [2.24, 2.45) is 0 Å². The maximum Gasteiger partial charge on any atom is 0.129 e. The van der Waals surface area contributed by atoms with Crippen LogP contribution in [-0.4, -0.2) is 10.1 Å². The van der Waals surface area contributed by atoms with Crippen LogP contribution in [0.4, 0.5) is 5.69 Å². The number of nitrogens with one attached hydrogen (secondary N) is 1. The molecule has 0 radical (unpaired) electrons. The van der Waals surface area contributed by atoms with Crippen LogP contribution in [0, 0.1) is 0 Å². The molecular weight excluding hydrogens is 228 g/mol. The molecule has 2 N–H and O–H groups in total. The van der Waals surface area contributed by atoms with Crippen molar-refractivity contribution in [2.45, 2.75) is 13.2 Å². The highest BCUT2D eigenvalue weighted by Crippen LogP contribution is 2.13. The molecule has 4 nitrogen and oxygen atoms in total. The van der Waals surface area contributed by atoms with Gasteiger partial charge in [0.2, 0.25) is 0 Å². The molecule has 0 bridgehead atoms. The SMILES string of the molecule is OCc1ccc(CNc2ccc(Cl)nc2)o1. The summed E-state index contributed by atoms with van der Waals surface area (Å²) < 4.78 is 5.32. The Bertz CT molecular complexity index is 453. The molecule has 2 rings (SSSR count). The lowest BCUT2D eigenvalue weighted by Gasteiger charge is -2.03. The van der Waals surface area contributed by atoms with Gasteiger partial charge >= 0.3 is 0 Å². The van der Waals surface area contributed by atoms with Crippen LogP contribution in [0.15, 0.2) is 34.9 Å². The van der Waals surface area contributed by atoms with Gasteiger partial charge in [-0.1, -0.05) is 11.6 Å². The molecule has 2 aromatic heterocycles. The third kappa shape index (κ3) is 2.74. The van der Waals surface area contributed by atoms with E-state index in [0.29, 0.717) is 17.5 Å². The summed E-state index contributed by atoms with van der Waals surface area (Å²) in [6.07, 6.45) is 1.65. The minimum absolute atomic E-state index is 0.0809. The molecule has 2 aromatic rings. The summed E-state index contributed by atoms with van der Waals surface area (Å²) in [5.74, 6) is 1.32. The first kappa shape index (κ1) is 11.0. The van der Waals surface area contributed by atoms with E-state index in [1.807, 2.05) is 12.1 Å². The van der Waals surface area contributed by atoms with Crippen LogP contribution in [0.5, 0.6) is 0 Å². The zero-order valence-electron chi connectivity index (χ0n) is 8.48. The number of aliphatic hydroxyl groups is 1. The molecule has 0 atom stereocenters. The number of rotatable bonds is 4. The summed E-state index contributed by atoms with van der Waals surface area (Å²) in [6, 6.07) is 7.12. The van der Waals surface area contributed by atoms with Gasteiger partial charge in [-0.3, -0.25) is 0 Å². The number of pyridine rings is 1. The molecule has 2 heterocycles. The van der Waals surface area contributed by atoms with Gasteiger partial charge in [-0.2, -0.15) is 0 Å². The van der Waals surface area contributed by atoms with E-state index < -0.39 is 0 Å². The van der Waals surface area contributed by atoms with Gasteiger partial charge in [0, 0.05) is 0 Å². The summed E-state index contributed by atoms with van der Waals surface area (Å²) in [4.78, 5) is 3.95. The van der Waals surface area contributed by atoms with Crippen molar-refractivity contribution in [2.75, 3.05) is 5.32 Å². The largest absolute Gasteiger partial charge is 0.462 e. The molecule has 0 saturated heterocycles. The zero-order valence-corrected chi connectivity index (χ0v) is 9.24. The van der Waals surface area contributed by atoms with Gasteiger partial charge in [-0.15, -0.1) is 0 Å². The molecule has 84 valence electrons. The number of furan rings is 1.